The molecule has 0 radical (unpaired) electrons. The average Bonchev–Trinajstić information content (AvgIpc) is 3.34. The zero-order chi connectivity index (χ0) is 20.4. The summed E-state index contributed by atoms with van der Waals surface area (Å²) in [5.74, 6) is -0.185. The number of carbonyl (C=O) groups is 3. The third-order valence-corrected chi connectivity index (χ3v) is 5.73. The summed E-state index contributed by atoms with van der Waals surface area (Å²) in [5.41, 5.74) is 0. The van der Waals surface area contributed by atoms with Gasteiger partial charge in [-0.25, -0.2) is 9.18 Å². The Bertz CT molecular complexity index is 781. The minimum Gasteiger partial charge on any atom is -0.492 e. The highest BCUT2D eigenvalue weighted by Gasteiger charge is 2.48. The smallest absolute Gasteiger partial charge is 0.328 e. The number of urea groups is 1. The van der Waals surface area contributed by atoms with Gasteiger partial charge in [-0.05, 0) is 37.1 Å². The number of hydrogen-bond acceptors (Lipinski definition) is 5. The van der Waals surface area contributed by atoms with Crippen LogP contribution in [0.5, 0.6) is 5.75 Å². The van der Waals surface area contributed by atoms with Crippen LogP contribution in [0.4, 0.5) is 9.18 Å². The summed E-state index contributed by atoms with van der Waals surface area (Å²) < 4.78 is 18.6. The van der Waals surface area contributed by atoms with Gasteiger partial charge in [-0.1, -0.05) is 0 Å². The second-order valence-corrected chi connectivity index (χ2v) is 7.61. The summed E-state index contributed by atoms with van der Waals surface area (Å²) in [6.45, 7) is 3.72. The van der Waals surface area contributed by atoms with Gasteiger partial charge in [0.15, 0.2) is 0 Å². The summed E-state index contributed by atoms with van der Waals surface area (Å²) >= 11 is 0. The molecular weight excluding hydrogens is 379 g/mol. The fourth-order valence-electron chi connectivity index (χ4n) is 4.08. The maximum Gasteiger partial charge on any atom is 0.328 e. The van der Waals surface area contributed by atoms with Crippen LogP contribution in [0.25, 0.3) is 0 Å². The highest BCUT2D eigenvalue weighted by atomic mass is 19.1. The van der Waals surface area contributed by atoms with E-state index >= 15 is 0 Å². The van der Waals surface area contributed by atoms with Gasteiger partial charge in [-0.3, -0.25) is 19.4 Å². The van der Waals surface area contributed by atoms with Gasteiger partial charge in [-0.15, -0.1) is 0 Å². The van der Waals surface area contributed by atoms with Gasteiger partial charge in [0.1, 0.15) is 30.8 Å². The number of amides is 4. The number of benzene rings is 1. The topological polar surface area (TPSA) is 73.4 Å². The molecule has 8 nitrogen and oxygen atoms in total. The summed E-state index contributed by atoms with van der Waals surface area (Å²) in [5, 5.41) is 0. The van der Waals surface area contributed by atoms with Gasteiger partial charge in [0.25, 0.3) is 5.91 Å². The molecule has 1 atom stereocenters. The van der Waals surface area contributed by atoms with E-state index < -0.39 is 6.04 Å². The second-order valence-electron chi connectivity index (χ2n) is 7.61. The fourth-order valence-corrected chi connectivity index (χ4v) is 4.08. The lowest BCUT2D eigenvalue weighted by Gasteiger charge is -2.35. The Morgan fingerprint density at radius 3 is 2.52 bits per heavy atom. The van der Waals surface area contributed by atoms with Crippen molar-refractivity contribution in [1.82, 2.24) is 19.6 Å². The van der Waals surface area contributed by atoms with Crippen LogP contribution < -0.4 is 4.74 Å². The number of hydrogen-bond donors (Lipinski definition) is 0. The number of ether oxygens (including phenoxy) is 1. The first kappa shape index (κ1) is 19.6. The van der Waals surface area contributed by atoms with Gasteiger partial charge in [0.2, 0.25) is 5.91 Å². The van der Waals surface area contributed by atoms with Crippen LogP contribution in [0.3, 0.4) is 0 Å². The van der Waals surface area contributed by atoms with E-state index in [4.69, 9.17) is 4.74 Å². The predicted octanol–water partition coefficient (Wildman–Crippen LogP) is 0.775. The van der Waals surface area contributed by atoms with Crippen LogP contribution >= 0.6 is 0 Å². The minimum absolute atomic E-state index is 0.159. The molecule has 1 aromatic rings. The molecule has 4 amide bonds. The minimum atomic E-state index is -0.548. The average molecular weight is 404 g/mol. The molecule has 1 aromatic carbocycles. The number of rotatable bonds is 6. The van der Waals surface area contributed by atoms with Gasteiger partial charge in [0, 0.05) is 39.3 Å². The molecule has 3 aliphatic rings. The predicted molar refractivity (Wildman–Crippen MR) is 102 cm³/mol. The number of likely N-dealkylation sites (tertiary alicyclic amines) is 1. The van der Waals surface area contributed by atoms with Crippen LogP contribution in [0.15, 0.2) is 24.3 Å². The number of halogens is 1. The fraction of sp³-hybridized carbons (Fsp3) is 0.550. The Morgan fingerprint density at radius 1 is 1.07 bits per heavy atom. The third kappa shape index (κ3) is 4.19. The zero-order valence-corrected chi connectivity index (χ0v) is 16.3. The molecule has 0 saturated carbocycles. The number of carbonyl (C=O) groups excluding carboxylic acids is 3. The molecule has 0 bridgehead atoms. The van der Waals surface area contributed by atoms with E-state index in [1.165, 1.54) is 12.1 Å². The standard InChI is InChI=1S/C20H25FN4O4/c21-15-3-5-16(6-4-15)29-12-11-22-9-10-24-17(13-22)19(27)25(20(24)28)14-18(26)23-7-1-2-8-23/h3-6,17H,1-2,7-14H2. The van der Waals surface area contributed by atoms with Crippen molar-refractivity contribution in [3.8, 4) is 5.75 Å². The van der Waals surface area contributed by atoms with Crippen molar-refractivity contribution >= 4 is 17.8 Å². The Morgan fingerprint density at radius 2 is 1.79 bits per heavy atom. The molecule has 3 saturated heterocycles. The molecule has 156 valence electrons. The molecule has 4 rings (SSSR count). The van der Waals surface area contributed by atoms with Crippen molar-refractivity contribution < 1.29 is 23.5 Å². The maximum atomic E-state index is 12.9. The lowest BCUT2D eigenvalue weighted by atomic mass is 10.2. The Labute approximate surface area is 168 Å². The van der Waals surface area contributed by atoms with Crippen molar-refractivity contribution in [1.29, 1.82) is 0 Å². The van der Waals surface area contributed by atoms with Crippen molar-refractivity contribution in [2.24, 2.45) is 0 Å². The van der Waals surface area contributed by atoms with E-state index in [9.17, 15) is 18.8 Å². The number of fused-ring (bicyclic) bond motifs is 1. The van der Waals surface area contributed by atoms with Crippen molar-refractivity contribution in [3.05, 3.63) is 30.1 Å². The van der Waals surface area contributed by atoms with Gasteiger partial charge in [-0.2, -0.15) is 0 Å². The maximum absolute atomic E-state index is 12.9. The molecule has 0 aliphatic carbocycles. The monoisotopic (exact) mass is 404 g/mol. The van der Waals surface area contributed by atoms with Crippen LogP contribution in [0, 0.1) is 5.82 Å². The Kier molecular flexibility index (Phi) is 5.66. The normalized spacial score (nSPS) is 22.4. The highest BCUT2D eigenvalue weighted by Crippen LogP contribution is 2.22. The van der Waals surface area contributed by atoms with E-state index in [2.05, 4.69) is 4.90 Å². The third-order valence-electron chi connectivity index (χ3n) is 5.73. The van der Waals surface area contributed by atoms with Gasteiger partial charge >= 0.3 is 6.03 Å². The van der Waals surface area contributed by atoms with E-state index in [1.807, 2.05) is 0 Å². The number of imide groups is 1. The zero-order valence-electron chi connectivity index (χ0n) is 16.3. The van der Waals surface area contributed by atoms with Crippen molar-refractivity contribution in [2.45, 2.75) is 18.9 Å². The summed E-state index contributed by atoms with van der Waals surface area (Å²) in [4.78, 5) is 44.2. The summed E-state index contributed by atoms with van der Waals surface area (Å²) in [6.07, 6.45) is 1.94. The lowest BCUT2D eigenvalue weighted by Crippen LogP contribution is -2.53. The van der Waals surface area contributed by atoms with Crippen LogP contribution in [0.2, 0.25) is 0 Å². The molecule has 0 spiro atoms. The largest absolute Gasteiger partial charge is 0.492 e. The molecule has 0 N–H and O–H groups in total. The number of nitrogens with zero attached hydrogens (tertiary/aromatic N) is 4. The molecule has 3 heterocycles. The molecule has 1 unspecified atom stereocenters. The Balaban J connectivity index is 1.29. The lowest BCUT2D eigenvalue weighted by molar-refractivity contribution is -0.137. The molecule has 3 aliphatic heterocycles. The van der Waals surface area contributed by atoms with Crippen LogP contribution in [0.1, 0.15) is 12.8 Å². The van der Waals surface area contributed by atoms with E-state index in [0.29, 0.717) is 51.6 Å². The SMILES string of the molecule is O=C(CN1C(=O)C2CN(CCOc3ccc(F)cc3)CCN2C1=O)N1CCCC1. The Hall–Kier alpha value is -2.68. The summed E-state index contributed by atoms with van der Waals surface area (Å²) in [7, 11) is 0. The summed E-state index contributed by atoms with van der Waals surface area (Å²) in [6, 6.07) is 4.91. The van der Waals surface area contributed by atoms with E-state index in [-0.39, 0.29) is 30.2 Å². The first-order valence-corrected chi connectivity index (χ1v) is 10.0. The van der Waals surface area contributed by atoms with Crippen molar-refractivity contribution in [3.63, 3.8) is 0 Å². The van der Waals surface area contributed by atoms with Crippen LogP contribution in [-0.2, 0) is 9.59 Å². The van der Waals surface area contributed by atoms with Gasteiger partial charge in [0.05, 0.1) is 0 Å². The quantitative estimate of drug-likeness (QED) is 0.655. The van der Waals surface area contributed by atoms with Crippen molar-refractivity contribution in [2.75, 3.05) is 52.4 Å². The molecule has 3 fully saturated rings. The molecule has 0 aromatic heterocycles. The molecule has 9 heteroatoms. The first-order chi connectivity index (χ1) is 14.0. The van der Waals surface area contributed by atoms with Gasteiger partial charge < -0.3 is 14.5 Å². The molecule has 29 heavy (non-hydrogen) atoms. The first-order valence-electron chi connectivity index (χ1n) is 10.0. The van der Waals surface area contributed by atoms with E-state index in [0.717, 1.165) is 17.7 Å². The number of piperazine rings is 1. The second kappa shape index (κ2) is 8.36. The van der Waals surface area contributed by atoms with E-state index in [1.54, 1.807) is 21.9 Å². The van der Waals surface area contributed by atoms with Crippen LogP contribution in [-0.4, -0.2) is 95.9 Å². The molecular formula is C20H25FN4O4. The highest BCUT2D eigenvalue weighted by molar-refractivity contribution is 6.06.